The smallest absolute Gasteiger partial charge is 0.298 e. The number of rotatable bonds is 2. The van der Waals surface area contributed by atoms with Crippen molar-refractivity contribution in [2.45, 2.75) is 0 Å². The molecule has 0 saturated carbocycles. The molecule has 1 amide bonds. The zero-order valence-corrected chi connectivity index (χ0v) is 8.92. The first-order valence-electron chi connectivity index (χ1n) is 4.53. The van der Waals surface area contributed by atoms with Gasteiger partial charge in [-0.2, -0.15) is 0 Å². The second kappa shape index (κ2) is 3.72. The number of benzene rings is 1. The molecule has 1 heterocycles. The lowest BCUT2D eigenvalue weighted by atomic mass is 10.1. The van der Waals surface area contributed by atoms with Gasteiger partial charge in [0.1, 0.15) is 5.82 Å². The number of anilines is 1. The van der Waals surface area contributed by atoms with Crippen molar-refractivity contribution in [1.82, 2.24) is 0 Å². The van der Waals surface area contributed by atoms with E-state index < -0.39 is 17.5 Å². The molecular weight excluding hydrogens is 233 g/mol. The quantitative estimate of drug-likeness (QED) is 0.586. The third-order valence-electron chi connectivity index (χ3n) is 2.33. The molecule has 0 bridgehead atoms. The summed E-state index contributed by atoms with van der Waals surface area (Å²) in [7, 11) is 0. The van der Waals surface area contributed by atoms with Crippen molar-refractivity contribution in [3.05, 3.63) is 41.2 Å². The third kappa shape index (κ3) is 1.34. The lowest BCUT2D eigenvalue weighted by Gasteiger charge is -2.14. The van der Waals surface area contributed by atoms with Crippen molar-refractivity contribution in [2.75, 3.05) is 11.4 Å². The van der Waals surface area contributed by atoms with Gasteiger partial charge in [0.25, 0.3) is 11.7 Å². The van der Waals surface area contributed by atoms with E-state index in [1.807, 2.05) is 0 Å². The summed E-state index contributed by atoms with van der Waals surface area (Å²) >= 11 is 5.78. The number of Topliss-reactive ketones (excluding diaryl/α,β-unsaturated/α-hetero) is 1. The van der Waals surface area contributed by atoms with Crippen LogP contribution in [0.25, 0.3) is 0 Å². The zero-order valence-electron chi connectivity index (χ0n) is 8.17. The molecule has 1 aliphatic rings. The van der Waals surface area contributed by atoms with Crippen LogP contribution in [0.15, 0.2) is 24.8 Å². The Labute approximate surface area is 96.1 Å². The van der Waals surface area contributed by atoms with Gasteiger partial charge < -0.3 is 0 Å². The summed E-state index contributed by atoms with van der Waals surface area (Å²) in [5, 5.41) is 0.0845. The molecule has 0 fully saturated rings. The maximum Gasteiger partial charge on any atom is 0.299 e. The van der Waals surface area contributed by atoms with E-state index in [4.69, 9.17) is 11.6 Å². The second-order valence-corrected chi connectivity index (χ2v) is 3.69. The first-order valence-corrected chi connectivity index (χ1v) is 4.90. The molecule has 0 atom stereocenters. The summed E-state index contributed by atoms with van der Waals surface area (Å²) in [6, 6.07) is 2.39. The highest BCUT2D eigenvalue weighted by Crippen LogP contribution is 2.36. The number of ketones is 1. The summed E-state index contributed by atoms with van der Waals surface area (Å²) in [5.74, 6) is -2.19. The molecular formula is C11H7ClFNO2. The summed E-state index contributed by atoms with van der Waals surface area (Å²) < 4.78 is 13.6. The van der Waals surface area contributed by atoms with E-state index in [0.717, 1.165) is 11.0 Å². The molecule has 0 N–H and O–H groups in total. The SMILES string of the molecule is C=CCN1C(=O)C(=O)c2c(Cl)ccc(F)c21. The Morgan fingerprint density at radius 1 is 1.44 bits per heavy atom. The van der Waals surface area contributed by atoms with E-state index in [1.54, 1.807) is 0 Å². The minimum Gasteiger partial charge on any atom is -0.298 e. The fraction of sp³-hybridized carbons (Fsp3) is 0.0909. The normalized spacial score (nSPS) is 14.2. The Bertz CT molecular complexity index is 513. The molecule has 0 spiro atoms. The number of hydrogen-bond donors (Lipinski definition) is 0. The van der Waals surface area contributed by atoms with Gasteiger partial charge in [0.15, 0.2) is 0 Å². The van der Waals surface area contributed by atoms with E-state index in [2.05, 4.69) is 6.58 Å². The van der Waals surface area contributed by atoms with Gasteiger partial charge in [-0.15, -0.1) is 6.58 Å². The van der Waals surface area contributed by atoms with E-state index in [0.29, 0.717) is 0 Å². The Morgan fingerprint density at radius 3 is 2.75 bits per heavy atom. The lowest BCUT2D eigenvalue weighted by Crippen LogP contribution is -2.30. The van der Waals surface area contributed by atoms with Gasteiger partial charge in [-0.05, 0) is 12.1 Å². The number of halogens is 2. The predicted molar refractivity (Wildman–Crippen MR) is 58.3 cm³/mol. The van der Waals surface area contributed by atoms with Crippen LogP contribution < -0.4 is 4.90 Å². The first-order chi connectivity index (χ1) is 7.57. The Kier molecular flexibility index (Phi) is 2.52. The van der Waals surface area contributed by atoms with Crippen molar-refractivity contribution in [1.29, 1.82) is 0 Å². The van der Waals surface area contributed by atoms with E-state index in [-0.39, 0.29) is 22.8 Å². The molecule has 0 unspecified atom stereocenters. The molecule has 0 aromatic heterocycles. The fourth-order valence-electron chi connectivity index (χ4n) is 1.66. The highest BCUT2D eigenvalue weighted by Gasteiger charge is 2.39. The van der Waals surface area contributed by atoms with E-state index in [1.165, 1.54) is 12.1 Å². The minimum absolute atomic E-state index is 0.0533. The van der Waals surface area contributed by atoms with Gasteiger partial charge in [-0.3, -0.25) is 14.5 Å². The number of carbonyl (C=O) groups excluding carboxylic acids is 2. The molecule has 3 nitrogen and oxygen atoms in total. The molecule has 2 rings (SSSR count). The van der Waals surface area contributed by atoms with Crippen molar-refractivity contribution in [3.8, 4) is 0 Å². The van der Waals surface area contributed by atoms with Gasteiger partial charge in [0.05, 0.1) is 16.3 Å². The minimum atomic E-state index is -0.777. The Balaban J connectivity index is 2.69. The van der Waals surface area contributed by atoms with Crippen LogP contribution in [0.1, 0.15) is 10.4 Å². The molecule has 1 aromatic carbocycles. The lowest BCUT2D eigenvalue weighted by molar-refractivity contribution is -0.114. The van der Waals surface area contributed by atoms with Crippen LogP contribution in [0.5, 0.6) is 0 Å². The standard InChI is InChI=1S/C11H7ClFNO2/c1-2-5-14-9-7(13)4-3-6(12)8(9)10(15)11(14)16/h2-4H,1,5H2. The van der Waals surface area contributed by atoms with Crippen LogP contribution in [-0.4, -0.2) is 18.2 Å². The maximum absolute atomic E-state index is 13.6. The summed E-state index contributed by atoms with van der Waals surface area (Å²) in [6.07, 6.45) is 1.42. The van der Waals surface area contributed by atoms with Crippen LogP contribution in [0.2, 0.25) is 5.02 Å². The molecule has 0 radical (unpaired) electrons. The van der Waals surface area contributed by atoms with Crippen LogP contribution in [0, 0.1) is 5.82 Å². The Hall–Kier alpha value is -1.68. The molecule has 0 saturated heterocycles. The van der Waals surface area contributed by atoms with Crippen molar-refractivity contribution >= 4 is 29.0 Å². The average Bonchev–Trinajstić information content (AvgIpc) is 2.50. The topological polar surface area (TPSA) is 37.4 Å². The fourth-order valence-corrected chi connectivity index (χ4v) is 1.89. The Morgan fingerprint density at radius 2 is 2.12 bits per heavy atom. The van der Waals surface area contributed by atoms with Gasteiger partial charge in [0, 0.05) is 6.54 Å². The van der Waals surface area contributed by atoms with Crippen LogP contribution >= 0.6 is 11.6 Å². The van der Waals surface area contributed by atoms with Gasteiger partial charge >= 0.3 is 0 Å². The van der Waals surface area contributed by atoms with Gasteiger partial charge in [-0.1, -0.05) is 17.7 Å². The molecule has 82 valence electrons. The zero-order chi connectivity index (χ0) is 11.9. The largest absolute Gasteiger partial charge is 0.299 e. The average molecular weight is 240 g/mol. The number of nitrogens with zero attached hydrogens (tertiary/aromatic N) is 1. The predicted octanol–water partition coefficient (Wildman–Crippen LogP) is 2.19. The first kappa shape index (κ1) is 10.8. The number of fused-ring (bicyclic) bond motifs is 1. The number of hydrogen-bond acceptors (Lipinski definition) is 2. The van der Waals surface area contributed by atoms with Crippen molar-refractivity contribution < 1.29 is 14.0 Å². The highest BCUT2D eigenvalue weighted by molar-refractivity contribution is 6.55. The number of amides is 1. The van der Waals surface area contributed by atoms with E-state index in [9.17, 15) is 14.0 Å². The van der Waals surface area contributed by atoms with Crippen molar-refractivity contribution in [2.24, 2.45) is 0 Å². The van der Waals surface area contributed by atoms with Gasteiger partial charge in [-0.25, -0.2) is 4.39 Å². The number of carbonyl (C=O) groups is 2. The highest BCUT2D eigenvalue weighted by atomic mass is 35.5. The molecule has 1 aliphatic heterocycles. The molecule has 5 heteroatoms. The molecule has 0 aliphatic carbocycles. The van der Waals surface area contributed by atoms with E-state index >= 15 is 0 Å². The summed E-state index contributed by atoms with van der Waals surface area (Å²) in [4.78, 5) is 24.2. The van der Waals surface area contributed by atoms with Crippen LogP contribution in [0.4, 0.5) is 10.1 Å². The van der Waals surface area contributed by atoms with Crippen LogP contribution in [-0.2, 0) is 4.79 Å². The maximum atomic E-state index is 13.6. The monoisotopic (exact) mass is 239 g/mol. The third-order valence-corrected chi connectivity index (χ3v) is 2.64. The molecule has 16 heavy (non-hydrogen) atoms. The summed E-state index contributed by atoms with van der Waals surface area (Å²) in [5.41, 5.74) is -0.115. The van der Waals surface area contributed by atoms with Crippen molar-refractivity contribution in [3.63, 3.8) is 0 Å². The van der Waals surface area contributed by atoms with Crippen LogP contribution in [0.3, 0.4) is 0 Å². The van der Waals surface area contributed by atoms with Gasteiger partial charge in [0.2, 0.25) is 0 Å². The summed E-state index contributed by atoms with van der Waals surface area (Å²) in [6.45, 7) is 3.53. The second-order valence-electron chi connectivity index (χ2n) is 3.29. The molecule has 1 aromatic rings.